The molecule has 1 rings (SSSR count). The Balaban J connectivity index is 2.95. The summed E-state index contributed by atoms with van der Waals surface area (Å²) >= 11 is 0. The van der Waals surface area contributed by atoms with E-state index in [1.54, 1.807) is 0 Å². The average molecular weight is 266 g/mol. The molecule has 0 radical (unpaired) electrons. The second-order valence-corrected chi connectivity index (χ2v) is 3.74. The lowest BCUT2D eigenvalue weighted by Gasteiger charge is -2.17. The van der Waals surface area contributed by atoms with E-state index in [-0.39, 0.29) is 0 Å². The number of benzene rings is 1. The molecule has 1 unspecified atom stereocenters. The molecule has 3 nitrogen and oxygen atoms in total. The normalized spacial score (nSPS) is 13.7. The van der Waals surface area contributed by atoms with Crippen molar-refractivity contribution in [2.75, 3.05) is 13.7 Å². The third-order valence-electron chi connectivity index (χ3n) is 2.51. The summed E-state index contributed by atoms with van der Waals surface area (Å²) in [4.78, 5) is 0. The lowest BCUT2D eigenvalue weighted by molar-refractivity contribution is -0.140. The third-order valence-corrected chi connectivity index (χ3v) is 2.51. The Labute approximate surface area is 102 Å². The molecule has 0 aliphatic carbocycles. The van der Waals surface area contributed by atoms with Crippen LogP contribution < -0.4 is 11.3 Å². The van der Waals surface area contributed by atoms with E-state index in [0.29, 0.717) is 24.7 Å². The van der Waals surface area contributed by atoms with Crippen LogP contribution in [0.15, 0.2) is 18.2 Å². The maximum Gasteiger partial charge on any atom is 0.419 e. The minimum atomic E-state index is -4.69. The quantitative estimate of drug-likeness (QED) is 0.488. The lowest BCUT2D eigenvalue weighted by Crippen LogP contribution is -2.29. The van der Waals surface area contributed by atoms with Crippen molar-refractivity contribution in [2.24, 2.45) is 5.84 Å². The monoisotopic (exact) mass is 266 g/mol. The summed E-state index contributed by atoms with van der Waals surface area (Å²) in [6.45, 7) is 0.359. The highest BCUT2D eigenvalue weighted by atomic mass is 19.4. The summed E-state index contributed by atoms with van der Waals surface area (Å²) in [7, 11) is 1.49. The molecule has 0 aliphatic heterocycles. The van der Waals surface area contributed by atoms with E-state index in [2.05, 4.69) is 5.43 Å². The highest BCUT2D eigenvalue weighted by molar-refractivity contribution is 5.28. The minimum absolute atomic E-state index is 0.347. The SMILES string of the molecule is COCCC(NN)c1ccc(C(F)(F)F)c(F)c1. The first kappa shape index (κ1) is 14.9. The van der Waals surface area contributed by atoms with Crippen molar-refractivity contribution < 1.29 is 22.3 Å². The Morgan fingerprint density at radius 1 is 1.39 bits per heavy atom. The standard InChI is InChI=1S/C11H14F4N2O/c1-18-5-4-10(17-16)7-2-3-8(9(12)6-7)11(13,14)15/h2-3,6,10,17H,4-5,16H2,1H3. The van der Waals surface area contributed by atoms with Gasteiger partial charge in [0.2, 0.25) is 0 Å². The Bertz CT molecular complexity index is 395. The van der Waals surface area contributed by atoms with Crippen LogP contribution in [0.3, 0.4) is 0 Å². The largest absolute Gasteiger partial charge is 0.419 e. The predicted molar refractivity (Wildman–Crippen MR) is 58.0 cm³/mol. The van der Waals surface area contributed by atoms with E-state index in [9.17, 15) is 17.6 Å². The fourth-order valence-electron chi connectivity index (χ4n) is 1.56. The van der Waals surface area contributed by atoms with Crippen LogP contribution in [0.5, 0.6) is 0 Å². The highest BCUT2D eigenvalue weighted by Crippen LogP contribution is 2.32. The first-order valence-corrected chi connectivity index (χ1v) is 5.22. The zero-order valence-electron chi connectivity index (χ0n) is 9.72. The van der Waals surface area contributed by atoms with Gasteiger partial charge in [0.1, 0.15) is 5.82 Å². The van der Waals surface area contributed by atoms with Gasteiger partial charge in [-0.05, 0) is 24.1 Å². The van der Waals surface area contributed by atoms with Gasteiger partial charge in [-0.25, -0.2) is 4.39 Å². The van der Waals surface area contributed by atoms with Gasteiger partial charge in [-0.15, -0.1) is 0 Å². The van der Waals surface area contributed by atoms with Crippen LogP contribution in [0, 0.1) is 5.82 Å². The van der Waals surface area contributed by atoms with Crippen LogP contribution >= 0.6 is 0 Å². The van der Waals surface area contributed by atoms with E-state index >= 15 is 0 Å². The first-order valence-electron chi connectivity index (χ1n) is 5.22. The maximum absolute atomic E-state index is 13.3. The zero-order valence-corrected chi connectivity index (χ0v) is 9.72. The number of hydrogen-bond acceptors (Lipinski definition) is 3. The molecule has 0 bridgehead atoms. The molecular weight excluding hydrogens is 252 g/mol. The Morgan fingerprint density at radius 3 is 2.50 bits per heavy atom. The second kappa shape index (κ2) is 6.12. The molecule has 102 valence electrons. The number of hydrogen-bond donors (Lipinski definition) is 2. The van der Waals surface area contributed by atoms with Gasteiger partial charge in [-0.3, -0.25) is 11.3 Å². The number of methoxy groups -OCH3 is 1. The summed E-state index contributed by atoms with van der Waals surface area (Å²) in [6, 6.07) is 2.29. The molecule has 7 heteroatoms. The van der Waals surface area contributed by atoms with Crippen LogP contribution in [0.25, 0.3) is 0 Å². The Hall–Kier alpha value is -1.18. The molecule has 0 aliphatic rings. The van der Waals surface area contributed by atoms with Gasteiger partial charge in [0.15, 0.2) is 0 Å². The van der Waals surface area contributed by atoms with Crippen molar-refractivity contribution in [1.82, 2.24) is 5.43 Å². The van der Waals surface area contributed by atoms with Crippen molar-refractivity contribution >= 4 is 0 Å². The molecule has 0 spiro atoms. The van der Waals surface area contributed by atoms with Crippen LogP contribution in [-0.2, 0) is 10.9 Å². The molecule has 1 aromatic carbocycles. The fourth-order valence-corrected chi connectivity index (χ4v) is 1.56. The smallest absolute Gasteiger partial charge is 0.385 e. The van der Waals surface area contributed by atoms with Crippen LogP contribution in [0.1, 0.15) is 23.6 Å². The summed E-state index contributed by atoms with van der Waals surface area (Å²) in [6.07, 6.45) is -4.27. The van der Waals surface area contributed by atoms with Gasteiger partial charge >= 0.3 is 6.18 Å². The molecule has 3 N–H and O–H groups in total. The number of rotatable bonds is 5. The van der Waals surface area contributed by atoms with Gasteiger partial charge < -0.3 is 4.74 Å². The molecule has 18 heavy (non-hydrogen) atoms. The number of hydrazine groups is 1. The highest BCUT2D eigenvalue weighted by Gasteiger charge is 2.34. The first-order chi connectivity index (χ1) is 8.40. The number of nitrogens with one attached hydrogen (secondary N) is 1. The van der Waals surface area contributed by atoms with Crippen molar-refractivity contribution in [1.29, 1.82) is 0 Å². The molecular formula is C11H14F4N2O. The molecule has 0 saturated heterocycles. The van der Waals surface area contributed by atoms with E-state index < -0.39 is 23.6 Å². The summed E-state index contributed by atoms with van der Waals surface area (Å²) in [5.41, 5.74) is 1.47. The Kier molecular flexibility index (Phi) is 5.06. The van der Waals surface area contributed by atoms with Crippen molar-refractivity contribution in [3.63, 3.8) is 0 Å². The van der Waals surface area contributed by atoms with Crippen molar-refractivity contribution in [3.05, 3.63) is 35.1 Å². The summed E-state index contributed by atoms with van der Waals surface area (Å²) in [5, 5.41) is 0. The van der Waals surface area contributed by atoms with Crippen molar-refractivity contribution in [3.8, 4) is 0 Å². The molecule has 0 amide bonds. The number of nitrogens with two attached hydrogens (primary N) is 1. The van der Waals surface area contributed by atoms with Gasteiger partial charge in [0.05, 0.1) is 5.56 Å². The predicted octanol–water partition coefficient (Wildman–Crippen LogP) is 2.39. The second-order valence-electron chi connectivity index (χ2n) is 3.74. The number of alkyl halides is 3. The molecule has 0 saturated carbocycles. The minimum Gasteiger partial charge on any atom is -0.385 e. The molecule has 1 aromatic rings. The average Bonchev–Trinajstić information content (AvgIpc) is 2.28. The van der Waals surface area contributed by atoms with Gasteiger partial charge in [-0.2, -0.15) is 13.2 Å². The number of halogens is 4. The van der Waals surface area contributed by atoms with Gasteiger partial charge in [0, 0.05) is 19.8 Å². The number of ether oxygens (including phenoxy) is 1. The summed E-state index contributed by atoms with van der Waals surface area (Å²) < 4.78 is 55.3. The fraction of sp³-hybridized carbons (Fsp3) is 0.455. The van der Waals surface area contributed by atoms with E-state index in [1.807, 2.05) is 0 Å². The van der Waals surface area contributed by atoms with Crippen LogP contribution in [0.2, 0.25) is 0 Å². The van der Waals surface area contributed by atoms with Gasteiger partial charge in [0.25, 0.3) is 0 Å². The molecule has 1 atom stereocenters. The van der Waals surface area contributed by atoms with Crippen LogP contribution in [0.4, 0.5) is 17.6 Å². The third kappa shape index (κ3) is 3.66. The van der Waals surface area contributed by atoms with Gasteiger partial charge in [-0.1, -0.05) is 6.07 Å². The lowest BCUT2D eigenvalue weighted by atomic mass is 10.0. The van der Waals surface area contributed by atoms with E-state index in [1.165, 1.54) is 13.2 Å². The molecule has 0 aromatic heterocycles. The molecule has 0 fully saturated rings. The topological polar surface area (TPSA) is 47.3 Å². The zero-order chi connectivity index (χ0) is 13.8. The van der Waals surface area contributed by atoms with E-state index in [0.717, 1.165) is 6.07 Å². The molecule has 0 heterocycles. The summed E-state index contributed by atoms with van der Waals surface area (Å²) in [5.74, 6) is 3.96. The van der Waals surface area contributed by atoms with Crippen molar-refractivity contribution in [2.45, 2.75) is 18.6 Å². The van der Waals surface area contributed by atoms with E-state index in [4.69, 9.17) is 10.6 Å². The Morgan fingerprint density at radius 2 is 2.06 bits per heavy atom. The van der Waals surface area contributed by atoms with Crippen LogP contribution in [-0.4, -0.2) is 13.7 Å². The maximum atomic E-state index is 13.3.